The fourth-order valence-electron chi connectivity index (χ4n) is 1.60. The van der Waals surface area contributed by atoms with Gasteiger partial charge in [0.25, 0.3) is 0 Å². The lowest BCUT2D eigenvalue weighted by atomic mass is 9.93. The van der Waals surface area contributed by atoms with E-state index in [-0.39, 0.29) is 6.54 Å². The van der Waals surface area contributed by atoms with Gasteiger partial charge in [-0.3, -0.25) is 0 Å². The first-order chi connectivity index (χ1) is 7.13. The zero-order chi connectivity index (χ0) is 11.3. The van der Waals surface area contributed by atoms with Crippen LogP contribution in [0.4, 0.5) is 4.39 Å². The SMILES string of the molecule is CCc1ccc(CC(F)(CC)CN)cc1. The van der Waals surface area contributed by atoms with Gasteiger partial charge in [-0.05, 0) is 24.0 Å². The van der Waals surface area contributed by atoms with Crippen LogP contribution < -0.4 is 5.73 Å². The highest BCUT2D eigenvalue weighted by Gasteiger charge is 2.25. The second-order valence-electron chi connectivity index (χ2n) is 4.06. The van der Waals surface area contributed by atoms with Crippen molar-refractivity contribution in [3.63, 3.8) is 0 Å². The number of hydrogen-bond donors (Lipinski definition) is 1. The maximum atomic E-state index is 14.0. The fraction of sp³-hybridized carbons (Fsp3) is 0.538. The summed E-state index contributed by atoms with van der Waals surface area (Å²) in [6, 6.07) is 8.11. The van der Waals surface area contributed by atoms with Crippen LogP contribution in [0.25, 0.3) is 0 Å². The third kappa shape index (κ3) is 3.31. The van der Waals surface area contributed by atoms with Gasteiger partial charge in [-0.15, -0.1) is 0 Å². The Kier molecular flexibility index (Phi) is 4.28. The van der Waals surface area contributed by atoms with E-state index in [1.54, 1.807) is 0 Å². The van der Waals surface area contributed by atoms with Gasteiger partial charge in [-0.25, -0.2) is 4.39 Å². The summed E-state index contributed by atoms with van der Waals surface area (Å²) >= 11 is 0. The minimum atomic E-state index is -1.24. The molecule has 1 unspecified atom stereocenters. The maximum absolute atomic E-state index is 14.0. The maximum Gasteiger partial charge on any atom is 0.126 e. The Hall–Kier alpha value is -0.890. The van der Waals surface area contributed by atoms with Crippen LogP contribution in [0.5, 0.6) is 0 Å². The Morgan fingerprint density at radius 2 is 1.67 bits per heavy atom. The van der Waals surface area contributed by atoms with E-state index >= 15 is 0 Å². The number of hydrogen-bond acceptors (Lipinski definition) is 1. The van der Waals surface area contributed by atoms with Gasteiger partial charge in [0.05, 0.1) is 0 Å². The van der Waals surface area contributed by atoms with Crippen molar-refractivity contribution in [2.75, 3.05) is 6.54 Å². The Balaban J connectivity index is 2.71. The number of aryl methyl sites for hydroxylation is 1. The average molecular weight is 209 g/mol. The van der Waals surface area contributed by atoms with Crippen molar-refractivity contribution in [1.82, 2.24) is 0 Å². The molecule has 0 aliphatic rings. The predicted molar refractivity (Wildman–Crippen MR) is 62.7 cm³/mol. The Morgan fingerprint density at radius 1 is 1.13 bits per heavy atom. The average Bonchev–Trinajstić information content (AvgIpc) is 2.30. The summed E-state index contributed by atoms with van der Waals surface area (Å²) in [7, 11) is 0. The van der Waals surface area contributed by atoms with Crippen molar-refractivity contribution >= 4 is 0 Å². The van der Waals surface area contributed by atoms with Gasteiger partial charge in [-0.2, -0.15) is 0 Å². The van der Waals surface area contributed by atoms with E-state index in [4.69, 9.17) is 5.73 Å². The molecule has 1 aromatic rings. The van der Waals surface area contributed by atoms with Crippen molar-refractivity contribution in [3.05, 3.63) is 35.4 Å². The molecule has 0 spiro atoms. The van der Waals surface area contributed by atoms with E-state index in [0.717, 1.165) is 12.0 Å². The number of rotatable bonds is 5. The number of benzene rings is 1. The molecule has 1 atom stereocenters. The first-order valence-corrected chi connectivity index (χ1v) is 5.60. The molecule has 0 fully saturated rings. The first kappa shape index (κ1) is 12.2. The van der Waals surface area contributed by atoms with Crippen LogP contribution in [0.3, 0.4) is 0 Å². The number of alkyl halides is 1. The smallest absolute Gasteiger partial charge is 0.126 e. The third-order valence-corrected chi connectivity index (χ3v) is 2.95. The topological polar surface area (TPSA) is 26.0 Å². The molecule has 0 aromatic heterocycles. The molecule has 15 heavy (non-hydrogen) atoms. The summed E-state index contributed by atoms with van der Waals surface area (Å²) in [6.07, 6.45) is 1.91. The zero-order valence-electron chi connectivity index (χ0n) is 9.59. The molecule has 2 N–H and O–H groups in total. The molecule has 1 rings (SSSR count). The second kappa shape index (κ2) is 5.26. The van der Waals surface area contributed by atoms with Crippen LogP contribution in [0.2, 0.25) is 0 Å². The molecule has 0 bridgehead atoms. The normalized spacial score (nSPS) is 14.9. The van der Waals surface area contributed by atoms with Crippen molar-refractivity contribution in [3.8, 4) is 0 Å². The standard InChI is InChI=1S/C13H20FN/c1-3-11-5-7-12(8-6-11)9-13(14,4-2)10-15/h5-8H,3-4,9-10,15H2,1-2H3. The lowest BCUT2D eigenvalue weighted by Gasteiger charge is -2.21. The van der Waals surface area contributed by atoms with Crippen LogP contribution in [0, 0.1) is 0 Å². The van der Waals surface area contributed by atoms with Crippen LogP contribution in [-0.2, 0) is 12.8 Å². The molecule has 84 valence electrons. The molecule has 0 amide bonds. The quantitative estimate of drug-likeness (QED) is 0.793. The largest absolute Gasteiger partial charge is 0.328 e. The van der Waals surface area contributed by atoms with E-state index in [2.05, 4.69) is 19.1 Å². The number of nitrogens with two attached hydrogens (primary N) is 1. The van der Waals surface area contributed by atoms with Gasteiger partial charge < -0.3 is 5.73 Å². The van der Waals surface area contributed by atoms with E-state index < -0.39 is 5.67 Å². The summed E-state index contributed by atoms with van der Waals surface area (Å²) in [4.78, 5) is 0. The Bertz CT molecular complexity index is 288. The van der Waals surface area contributed by atoms with E-state index in [0.29, 0.717) is 12.8 Å². The van der Waals surface area contributed by atoms with Gasteiger partial charge in [0, 0.05) is 13.0 Å². The van der Waals surface area contributed by atoms with Gasteiger partial charge in [0.1, 0.15) is 5.67 Å². The Morgan fingerprint density at radius 3 is 2.07 bits per heavy atom. The highest BCUT2D eigenvalue weighted by molar-refractivity contribution is 5.23. The molecule has 2 heteroatoms. The highest BCUT2D eigenvalue weighted by Crippen LogP contribution is 2.21. The van der Waals surface area contributed by atoms with E-state index in [9.17, 15) is 4.39 Å². The molecular weight excluding hydrogens is 189 g/mol. The minimum absolute atomic E-state index is 0.0963. The van der Waals surface area contributed by atoms with Crippen LogP contribution in [-0.4, -0.2) is 12.2 Å². The van der Waals surface area contributed by atoms with Gasteiger partial charge in [0.15, 0.2) is 0 Å². The molecule has 1 aromatic carbocycles. The molecule has 0 heterocycles. The van der Waals surface area contributed by atoms with Gasteiger partial charge >= 0.3 is 0 Å². The molecule has 0 radical (unpaired) electrons. The number of halogens is 1. The molecule has 0 saturated heterocycles. The van der Waals surface area contributed by atoms with E-state index in [1.807, 2.05) is 19.1 Å². The van der Waals surface area contributed by atoms with E-state index in [1.165, 1.54) is 5.56 Å². The zero-order valence-corrected chi connectivity index (χ0v) is 9.59. The van der Waals surface area contributed by atoms with Gasteiger partial charge in [0.2, 0.25) is 0 Å². The van der Waals surface area contributed by atoms with Crippen molar-refractivity contribution in [1.29, 1.82) is 0 Å². The summed E-state index contributed by atoms with van der Waals surface area (Å²) < 4.78 is 14.0. The monoisotopic (exact) mass is 209 g/mol. The highest BCUT2D eigenvalue weighted by atomic mass is 19.1. The van der Waals surface area contributed by atoms with Crippen molar-refractivity contribution in [2.24, 2.45) is 5.73 Å². The third-order valence-electron chi connectivity index (χ3n) is 2.95. The van der Waals surface area contributed by atoms with Crippen molar-refractivity contribution in [2.45, 2.75) is 38.8 Å². The molecule has 0 saturated carbocycles. The van der Waals surface area contributed by atoms with Crippen molar-refractivity contribution < 1.29 is 4.39 Å². The summed E-state index contributed by atoms with van der Waals surface area (Å²) in [5.74, 6) is 0. The summed E-state index contributed by atoms with van der Waals surface area (Å²) in [5, 5.41) is 0. The summed E-state index contributed by atoms with van der Waals surface area (Å²) in [5.41, 5.74) is 6.52. The first-order valence-electron chi connectivity index (χ1n) is 5.60. The predicted octanol–water partition coefficient (Wildman–Crippen LogP) is 2.87. The lowest BCUT2D eigenvalue weighted by molar-refractivity contribution is 0.167. The molecule has 0 aliphatic carbocycles. The Labute approximate surface area is 91.5 Å². The fourth-order valence-corrected chi connectivity index (χ4v) is 1.60. The summed E-state index contributed by atoms with van der Waals surface area (Å²) in [6.45, 7) is 4.05. The molecular formula is C13H20FN. The molecule has 0 aliphatic heterocycles. The molecule has 1 nitrogen and oxygen atoms in total. The van der Waals surface area contributed by atoms with Crippen LogP contribution in [0.15, 0.2) is 24.3 Å². The van der Waals surface area contributed by atoms with Gasteiger partial charge in [-0.1, -0.05) is 38.1 Å². The van der Waals surface area contributed by atoms with Crippen LogP contribution in [0.1, 0.15) is 31.4 Å². The second-order valence-corrected chi connectivity index (χ2v) is 4.06. The van der Waals surface area contributed by atoms with Crippen LogP contribution >= 0.6 is 0 Å². The minimum Gasteiger partial charge on any atom is -0.328 e. The lowest BCUT2D eigenvalue weighted by Crippen LogP contribution is -2.34.